The number of hydrogen-bond donors (Lipinski definition) is 2. The monoisotopic (exact) mass is 382 g/mol. The van der Waals surface area contributed by atoms with Crippen LogP contribution in [0.25, 0.3) is 16.7 Å². The summed E-state index contributed by atoms with van der Waals surface area (Å²) in [6.07, 6.45) is 7.33. The second kappa shape index (κ2) is 9.29. The van der Waals surface area contributed by atoms with Crippen LogP contribution < -0.4 is 5.32 Å². The third kappa shape index (κ3) is 4.85. The van der Waals surface area contributed by atoms with Gasteiger partial charge in [0.2, 0.25) is 0 Å². The molecule has 0 atom stereocenters. The number of nitrogens with one attached hydrogen (secondary N) is 2. The van der Waals surface area contributed by atoms with Gasteiger partial charge >= 0.3 is 0 Å². The summed E-state index contributed by atoms with van der Waals surface area (Å²) in [4.78, 5) is 8.23. The topological polar surface area (TPSA) is 89.8 Å². The molecule has 144 valence electrons. The summed E-state index contributed by atoms with van der Waals surface area (Å²) in [5.74, 6) is 0.763. The Labute approximate surface area is 170 Å². The Bertz CT molecular complexity index is 1110. The predicted molar refractivity (Wildman–Crippen MR) is 117 cm³/mol. The number of aliphatic imine (C=N–C) groups is 1. The second-order valence-corrected chi connectivity index (χ2v) is 6.47. The van der Waals surface area contributed by atoms with Crippen molar-refractivity contribution in [2.24, 2.45) is 4.99 Å². The number of anilines is 1. The number of rotatable bonds is 7. The van der Waals surface area contributed by atoms with Gasteiger partial charge in [-0.25, -0.2) is 4.98 Å². The van der Waals surface area contributed by atoms with Gasteiger partial charge in [0.25, 0.3) is 0 Å². The highest BCUT2D eigenvalue weighted by molar-refractivity contribution is 5.72. The first-order valence-corrected chi connectivity index (χ1v) is 9.19. The van der Waals surface area contributed by atoms with E-state index in [1.54, 1.807) is 12.4 Å². The van der Waals surface area contributed by atoms with Gasteiger partial charge in [0.1, 0.15) is 5.82 Å². The number of aryl methyl sites for hydroxylation is 1. The van der Waals surface area contributed by atoms with Crippen LogP contribution in [0.5, 0.6) is 0 Å². The lowest BCUT2D eigenvalue weighted by Gasteiger charge is -2.09. The molecule has 2 heterocycles. The van der Waals surface area contributed by atoms with Crippen LogP contribution in [0, 0.1) is 18.3 Å². The van der Waals surface area contributed by atoms with Crippen molar-refractivity contribution in [3.05, 3.63) is 83.5 Å². The molecule has 0 amide bonds. The number of nitrogens with zero attached hydrogens (tertiary/aromatic N) is 4. The Hall–Kier alpha value is -3.98. The van der Waals surface area contributed by atoms with Gasteiger partial charge in [-0.05, 0) is 67.6 Å². The van der Waals surface area contributed by atoms with Gasteiger partial charge in [-0.3, -0.25) is 10.1 Å². The molecule has 0 saturated heterocycles. The number of hydrogen-bond acceptors (Lipinski definition) is 5. The van der Waals surface area contributed by atoms with E-state index < -0.39 is 0 Å². The smallest absolute Gasteiger partial charge is 0.126 e. The first-order valence-electron chi connectivity index (χ1n) is 9.19. The summed E-state index contributed by atoms with van der Waals surface area (Å²) in [6.45, 7) is 8.01. The van der Waals surface area contributed by atoms with Gasteiger partial charge in [-0.2, -0.15) is 10.4 Å². The maximum atomic E-state index is 9.05. The summed E-state index contributed by atoms with van der Waals surface area (Å²) >= 11 is 0. The van der Waals surface area contributed by atoms with Crippen LogP contribution in [0.15, 0.2) is 65.9 Å². The highest BCUT2D eigenvalue weighted by Gasteiger charge is 2.07. The summed E-state index contributed by atoms with van der Waals surface area (Å²) in [6, 6.07) is 13.8. The third-order valence-electron chi connectivity index (χ3n) is 4.39. The largest absolute Gasteiger partial charge is 0.364 e. The minimum absolute atomic E-state index is 0.556. The third-order valence-corrected chi connectivity index (χ3v) is 4.39. The van der Waals surface area contributed by atoms with E-state index in [2.05, 4.69) is 38.3 Å². The quantitative estimate of drug-likeness (QED) is 0.450. The Morgan fingerprint density at radius 1 is 1.31 bits per heavy atom. The lowest BCUT2D eigenvalue weighted by molar-refractivity contribution is 0.970. The van der Waals surface area contributed by atoms with Crippen molar-refractivity contribution in [2.75, 3.05) is 5.32 Å². The van der Waals surface area contributed by atoms with Gasteiger partial charge in [0.05, 0.1) is 29.6 Å². The molecule has 0 bridgehead atoms. The SMILES string of the molecule is C=N/C=C(\C=C/C)c1cc(CNc2cc(-c3ccc(C#N)cc3C)ccn2)[nH]n1. The lowest BCUT2D eigenvalue weighted by Crippen LogP contribution is -2.01. The van der Waals surface area contributed by atoms with Crippen molar-refractivity contribution in [2.45, 2.75) is 20.4 Å². The van der Waals surface area contributed by atoms with E-state index in [1.807, 2.05) is 62.4 Å². The van der Waals surface area contributed by atoms with Gasteiger partial charge in [0.15, 0.2) is 0 Å². The van der Waals surface area contributed by atoms with Crippen molar-refractivity contribution < 1.29 is 0 Å². The first kappa shape index (κ1) is 19.8. The highest BCUT2D eigenvalue weighted by atomic mass is 15.1. The van der Waals surface area contributed by atoms with Crippen LogP contribution in [-0.4, -0.2) is 21.9 Å². The maximum absolute atomic E-state index is 9.05. The fourth-order valence-corrected chi connectivity index (χ4v) is 3.01. The van der Waals surface area contributed by atoms with E-state index in [4.69, 9.17) is 5.26 Å². The van der Waals surface area contributed by atoms with Gasteiger partial charge in [-0.1, -0.05) is 18.2 Å². The average Bonchev–Trinajstić information content (AvgIpc) is 3.21. The molecule has 6 nitrogen and oxygen atoms in total. The minimum Gasteiger partial charge on any atom is -0.364 e. The number of allylic oxidation sites excluding steroid dienone is 3. The molecule has 0 aliphatic rings. The Balaban J connectivity index is 1.74. The summed E-state index contributed by atoms with van der Waals surface area (Å²) in [7, 11) is 0. The second-order valence-electron chi connectivity index (χ2n) is 6.47. The fraction of sp³-hybridized carbons (Fsp3) is 0.130. The first-order chi connectivity index (χ1) is 14.1. The molecular formula is C23H22N6. The maximum Gasteiger partial charge on any atom is 0.126 e. The molecule has 3 rings (SSSR count). The molecule has 0 aliphatic carbocycles. The molecule has 0 spiro atoms. The number of aromatic amines is 1. The van der Waals surface area contributed by atoms with E-state index in [9.17, 15) is 0 Å². The van der Waals surface area contributed by atoms with E-state index >= 15 is 0 Å². The van der Waals surface area contributed by atoms with Crippen molar-refractivity contribution in [3.63, 3.8) is 0 Å². The van der Waals surface area contributed by atoms with Gasteiger partial charge < -0.3 is 5.32 Å². The van der Waals surface area contributed by atoms with Crippen molar-refractivity contribution in [1.82, 2.24) is 15.2 Å². The molecule has 2 aromatic heterocycles. The van der Waals surface area contributed by atoms with Gasteiger partial charge in [-0.15, -0.1) is 0 Å². The van der Waals surface area contributed by atoms with Crippen LogP contribution in [-0.2, 0) is 6.54 Å². The highest BCUT2D eigenvalue weighted by Crippen LogP contribution is 2.25. The molecule has 6 heteroatoms. The lowest BCUT2D eigenvalue weighted by atomic mass is 9.99. The van der Waals surface area contributed by atoms with Crippen LogP contribution in [0.4, 0.5) is 5.82 Å². The van der Waals surface area contributed by atoms with Crippen LogP contribution in [0.1, 0.15) is 29.4 Å². The summed E-state index contributed by atoms with van der Waals surface area (Å²) in [5, 5.41) is 19.7. The zero-order chi connectivity index (χ0) is 20.6. The molecule has 0 unspecified atom stereocenters. The van der Waals surface area contributed by atoms with Gasteiger partial charge in [0, 0.05) is 18.0 Å². The number of aromatic nitrogens is 3. The zero-order valence-corrected chi connectivity index (χ0v) is 16.5. The number of nitriles is 1. The number of benzene rings is 1. The number of H-pyrrole nitrogens is 1. The van der Waals surface area contributed by atoms with Crippen molar-refractivity contribution in [3.8, 4) is 17.2 Å². The summed E-state index contributed by atoms with van der Waals surface area (Å²) in [5.41, 5.74) is 6.47. The van der Waals surface area contributed by atoms with E-state index in [-0.39, 0.29) is 0 Å². The molecule has 0 saturated carbocycles. The predicted octanol–water partition coefficient (Wildman–Crippen LogP) is 4.88. The Kier molecular flexibility index (Phi) is 6.33. The Morgan fingerprint density at radius 2 is 2.17 bits per heavy atom. The molecule has 0 radical (unpaired) electrons. The molecule has 29 heavy (non-hydrogen) atoms. The normalized spacial score (nSPS) is 11.4. The van der Waals surface area contributed by atoms with Crippen molar-refractivity contribution >= 4 is 18.1 Å². The fourth-order valence-electron chi connectivity index (χ4n) is 3.01. The molecule has 3 aromatic rings. The minimum atomic E-state index is 0.556. The number of pyridine rings is 1. The van der Waals surface area contributed by atoms with Crippen LogP contribution >= 0.6 is 0 Å². The van der Waals surface area contributed by atoms with Crippen molar-refractivity contribution in [1.29, 1.82) is 5.26 Å². The van der Waals surface area contributed by atoms with Crippen LogP contribution in [0.3, 0.4) is 0 Å². The van der Waals surface area contributed by atoms with E-state index in [1.165, 1.54) is 0 Å². The summed E-state index contributed by atoms with van der Waals surface area (Å²) < 4.78 is 0. The molecule has 1 aromatic carbocycles. The van der Waals surface area contributed by atoms with Crippen LogP contribution in [0.2, 0.25) is 0 Å². The molecular weight excluding hydrogens is 360 g/mol. The standard InChI is InChI=1S/C23H22N6/c1-4-5-19(14-25-3)22-12-20(28-29-22)15-27-23-11-18(8-9-26-23)21-7-6-17(13-24)10-16(21)2/h4-12,14H,3,15H2,1-2H3,(H,26,27)(H,28,29)/b5-4-,19-14+. The molecule has 2 N–H and O–H groups in total. The average molecular weight is 382 g/mol. The zero-order valence-electron chi connectivity index (χ0n) is 16.5. The van der Waals surface area contributed by atoms with E-state index in [0.717, 1.165) is 39.5 Å². The Morgan fingerprint density at radius 3 is 2.90 bits per heavy atom. The molecule has 0 aliphatic heterocycles. The molecule has 0 fully saturated rings. The van der Waals surface area contributed by atoms with E-state index in [0.29, 0.717) is 12.1 Å².